The molecule has 90 valence electrons. The maximum absolute atomic E-state index is 5.81. The van der Waals surface area contributed by atoms with Crippen molar-refractivity contribution in [3.05, 3.63) is 47.4 Å². The monoisotopic (exact) mass is 276 g/mol. The van der Waals surface area contributed by atoms with Gasteiger partial charge in [-0.25, -0.2) is 9.97 Å². The van der Waals surface area contributed by atoms with E-state index < -0.39 is 0 Å². The first kappa shape index (κ1) is 11.5. The molecule has 2 heterocycles. The van der Waals surface area contributed by atoms with Crippen LogP contribution in [-0.4, -0.2) is 19.5 Å². The van der Waals surface area contributed by atoms with Crippen LogP contribution in [0.5, 0.6) is 0 Å². The standard InChI is InChI=1S/C12H9ClN4S/c13-11-14-6-9-10(16-11)17(12(18)15-9)7-8-4-2-1-3-5-8/h1-6H,7H2,(H,15,18). The summed E-state index contributed by atoms with van der Waals surface area (Å²) in [4.78, 5) is 12.4. The van der Waals surface area contributed by atoms with E-state index in [1.54, 1.807) is 6.20 Å². The highest BCUT2D eigenvalue weighted by atomic mass is 35.5. The molecule has 6 heteroatoms. The number of nitrogens with zero attached hydrogens (tertiary/aromatic N) is 4. The van der Waals surface area contributed by atoms with E-state index in [2.05, 4.69) is 27.6 Å². The Hall–Kier alpha value is -1.59. The van der Waals surface area contributed by atoms with E-state index >= 15 is 0 Å². The number of rotatable bonds is 2. The van der Waals surface area contributed by atoms with E-state index in [-0.39, 0.29) is 5.28 Å². The van der Waals surface area contributed by atoms with Gasteiger partial charge in [0.1, 0.15) is 5.52 Å². The van der Waals surface area contributed by atoms with Crippen molar-refractivity contribution >= 4 is 35.4 Å². The van der Waals surface area contributed by atoms with Gasteiger partial charge in [-0.3, -0.25) is 4.57 Å². The number of thiol groups is 1. The van der Waals surface area contributed by atoms with E-state index in [0.29, 0.717) is 22.9 Å². The molecule has 0 aliphatic carbocycles. The van der Waals surface area contributed by atoms with Crippen LogP contribution in [-0.2, 0) is 6.54 Å². The average molecular weight is 277 g/mol. The van der Waals surface area contributed by atoms with Crippen molar-refractivity contribution in [2.75, 3.05) is 0 Å². The van der Waals surface area contributed by atoms with Gasteiger partial charge in [0.15, 0.2) is 10.8 Å². The Morgan fingerprint density at radius 1 is 1.17 bits per heavy atom. The second kappa shape index (κ2) is 4.59. The lowest BCUT2D eigenvalue weighted by atomic mass is 10.2. The summed E-state index contributed by atoms with van der Waals surface area (Å²) in [7, 11) is 0. The van der Waals surface area contributed by atoms with Gasteiger partial charge in [-0.2, -0.15) is 4.98 Å². The molecule has 0 amide bonds. The Balaban J connectivity index is 2.11. The SMILES string of the molecule is Sc1nc2cnc(Cl)nc2n1Cc1ccccc1. The van der Waals surface area contributed by atoms with Crippen LogP contribution in [0.2, 0.25) is 5.28 Å². The Morgan fingerprint density at radius 2 is 1.94 bits per heavy atom. The highest BCUT2D eigenvalue weighted by Gasteiger charge is 2.10. The summed E-state index contributed by atoms with van der Waals surface area (Å²) in [6.45, 7) is 0.656. The molecule has 0 aliphatic heterocycles. The maximum Gasteiger partial charge on any atom is 0.224 e. The van der Waals surface area contributed by atoms with Crippen molar-refractivity contribution in [1.82, 2.24) is 19.5 Å². The molecular weight excluding hydrogens is 268 g/mol. The first-order valence-electron chi connectivity index (χ1n) is 5.36. The summed E-state index contributed by atoms with van der Waals surface area (Å²) < 4.78 is 1.90. The van der Waals surface area contributed by atoms with Crippen LogP contribution in [0.3, 0.4) is 0 Å². The number of aromatic nitrogens is 4. The molecule has 0 bridgehead atoms. The first-order chi connectivity index (χ1) is 8.74. The largest absolute Gasteiger partial charge is 0.299 e. The molecule has 0 saturated heterocycles. The zero-order valence-electron chi connectivity index (χ0n) is 9.29. The summed E-state index contributed by atoms with van der Waals surface area (Å²) in [6, 6.07) is 10.1. The second-order valence-corrected chi connectivity index (χ2v) is 4.57. The predicted molar refractivity (Wildman–Crippen MR) is 73.1 cm³/mol. The maximum atomic E-state index is 5.81. The van der Waals surface area contributed by atoms with Crippen LogP contribution in [0.4, 0.5) is 0 Å². The Bertz CT molecular complexity index is 696. The van der Waals surface area contributed by atoms with Crippen molar-refractivity contribution in [2.45, 2.75) is 11.7 Å². The molecule has 3 rings (SSSR count). The Morgan fingerprint density at radius 3 is 2.72 bits per heavy atom. The van der Waals surface area contributed by atoms with Gasteiger partial charge < -0.3 is 0 Å². The molecule has 0 saturated carbocycles. The van der Waals surface area contributed by atoms with Gasteiger partial charge in [0.2, 0.25) is 5.28 Å². The fourth-order valence-corrected chi connectivity index (χ4v) is 2.20. The molecule has 4 nitrogen and oxygen atoms in total. The van der Waals surface area contributed by atoms with Crippen molar-refractivity contribution in [3.63, 3.8) is 0 Å². The Kier molecular flexibility index (Phi) is 2.93. The number of hydrogen-bond acceptors (Lipinski definition) is 4. The Labute approximate surface area is 114 Å². The molecule has 0 spiro atoms. The van der Waals surface area contributed by atoms with Gasteiger partial charge in [0, 0.05) is 0 Å². The van der Waals surface area contributed by atoms with Gasteiger partial charge >= 0.3 is 0 Å². The van der Waals surface area contributed by atoms with Gasteiger partial charge in [-0.15, -0.1) is 12.6 Å². The van der Waals surface area contributed by atoms with E-state index in [1.807, 2.05) is 34.9 Å². The quantitative estimate of drug-likeness (QED) is 0.578. The molecule has 18 heavy (non-hydrogen) atoms. The molecule has 0 N–H and O–H groups in total. The van der Waals surface area contributed by atoms with E-state index in [1.165, 1.54) is 0 Å². The molecule has 0 unspecified atom stereocenters. The lowest BCUT2D eigenvalue weighted by Crippen LogP contribution is -2.01. The first-order valence-corrected chi connectivity index (χ1v) is 6.18. The molecule has 0 aliphatic rings. The van der Waals surface area contributed by atoms with Crippen LogP contribution in [0.25, 0.3) is 11.2 Å². The van der Waals surface area contributed by atoms with E-state index in [9.17, 15) is 0 Å². The second-order valence-electron chi connectivity index (χ2n) is 3.83. The van der Waals surface area contributed by atoms with Crippen LogP contribution < -0.4 is 0 Å². The van der Waals surface area contributed by atoms with Crippen molar-refractivity contribution in [3.8, 4) is 0 Å². The van der Waals surface area contributed by atoms with E-state index in [4.69, 9.17) is 11.6 Å². The smallest absolute Gasteiger partial charge is 0.224 e. The number of imidazole rings is 1. The minimum absolute atomic E-state index is 0.213. The minimum atomic E-state index is 0.213. The predicted octanol–water partition coefficient (Wildman–Crippen LogP) is 2.82. The van der Waals surface area contributed by atoms with Crippen LogP contribution >= 0.6 is 24.2 Å². The summed E-state index contributed by atoms with van der Waals surface area (Å²) in [5.74, 6) is 0. The van der Waals surface area contributed by atoms with E-state index in [0.717, 1.165) is 5.56 Å². The van der Waals surface area contributed by atoms with Gasteiger partial charge in [0.25, 0.3) is 0 Å². The summed E-state index contributed by atoms with van der Waals surface area (Å²) in [6.07, 6.45) is 1.60. The fourth-order valence-electron chi connectivity index (χ4n) is 1.80. The minimum Gasteiger partial charge on any atom is -0.299 e. The van der Waals surface area contributed by atoms with Gasteiger partial charge in [0.05, 0.1) is 12.7 Å². The lowest BCUT2D eigenvalue weighted by Gasteiger charge is -2.05. The summed E-state index contributed by atoms with van der Waals surface area (Å²) >= 11 is 10.2. The number of benzene rings is 1. The van der Waals surface area contributed by atoms with Crippen LogP contribution in [0, 0.1) is 0 Å². The van der Waals surface area contributed by atoms with Crippen molar-refractivity contribution in [1.29, 1.82) is 0 Å². The topological polar surface area (TPSA) is 43.6 Å². The summed E-state index contributed by atoms with van der Waals surface area (Å²) in [5, 5.41) is 0.815. The van der Waals surface area contributed by atoms with Crippen LogP contribution in [0.1, 0.15) is 5.56 Å². The number of fused-ring (bicyclic) bond motifs is 1. The third kappa shape index (κ3) is 2.07. The van der Waals surface area contributed by atoms with Crippen molar-refractivity contribution < 1.29 is 0 Å². The highest BCUT2D eigenvalue weighted by Crippen LogP contribution is 2.19. The normalized spacial score (nSPS) is 11.0. The van der Waals surface area contributed by atoms with Gasteiger partial charge in [-0.05, 0) is 17.2 Å². The number of halogens is 1. The number of hydrogen-bond donors (Lipinski definition) is 1. The fraction of sp³-hybridized carbons (Fsp3) is 0.0833. The van der Waals surface area contributed by atoms with Gasteiger partial charge in [-0.1, -0.05) is 30.3 Å². The highest BCUT2D eigenvalue weighted by molar-refractivity contribution is 7.80. The third-order valence-electron chi connectivity index (χ3n) is 2.62. The lowest BCUT2D eigenvalue weighted by molar-refractivity contribution is 0.726. The molecule has 1 aromatic carbocycles. The molecule has 2 aromatic heterocycles. The molecule has 0 atom stereocenters. The molecule has 3 aromatic rings. The molecule has 0 radical (unpaired) electrons. The zero-order chi connectivity index (χ0) is 12.5. The third-order valence-corrected chi connectivity index (χ3v) is 3.15. The summed E-state index contributed by atoms with van der Waals surface area (Å²) in [5.41, 5.74) is 2.55. The van der Waals surface area contributed by atoms with Crippen molar-refractivity contribution in [2.24, 2.45) is 0 Å². The molecular formula is C12H9ClN4S. The molecule has 0 fully saturated rings. The average Bonchev–Trinajstić information content (AvgIpc) is 2.67. The zero-order valence-corrected chi connectivity index (χ0v) is 10.9. The van der Waals surface area contributed by atoms with Crippen LogP contribution in [0.15, 0.2) is 41.7 Å².